The van der Waals surface area contributed by atoms with Crippen molar-refractivity contribution in [3.63, 3.8) is 0 Å². The van der Waals surface area contributed by atoms with E-state index in [1.165, 1.54) is 0 Å². The Bertz CT molecular complexity index is 923. The second-order valence-corrected chi connectivity index (χ2v) is 6.42. The first-order valence-electron chi connectivity index (χ1n) is 8.39. The molecule has 0 saturated carbocycles. The Balaban J connectivity index is 0.00000261. The monoisotopic (exact) mass is 398 g/mol. The molecule has 5 heteroatoms. The summed E-state index contributed by atoms with van der Waals surface area (Å²) < 4.78 is 1.84. The Morgan fingerprint density at radius 3 is 2.26 bits per heavy atom. The van der Waals surface area contributed by atoms with E-state index in [9.17, 15) is 4.79 Å². The first kappa shape index (κ1) is 20.7. The minimum absolute atomic E-state index is 0. The molecule has 0 radical (unpaired) electrons. The molecule has 27 heavy (non-hydrogen) atoms. The van der Waals surface area contributed by atoms with Crippen LogP contribution in [-0.4, -0.2) is 5.91 Å². The number of carbonyl (C=O) groups is 1. The molecule has 3 aromatic rings. The van der Waals surface area contributed by atoms with Crippen molar-refractivity contribution in [3.05, 3.63) is 94.8 Å². The number of pyridine rings is 1. The number of aromatic nitrogens is 1. The molecular formula is C22H20Cl2N2O. The molecule has 0 spiro atoms. The summed E-state index contributed by atoms with van der Waals surface area (Å²) in [5.74, 6) is -0.0899. The Labute approximate surface area is 170 Å². The van der Waals surface area contributed by atoms with Crippen molar-refractivity contribution >= 4 is 35.3 Å². The fraction of sp³-hybridized carbons (Fsp3) is 0.0909. The molecule has 0 saturated heterocycles. The average molecular weight is 399 g/mol. The molecule has 0 bridgehead atoms. The molecule has 0 unspecified atom stereocenters. The van der Waals surface area contributed by atoms with E-state index in [4.69, 9.17) is 11.6 Å². The molecule has 1 heterocycles. The molecule has 0 aliphatic rings. The second-order valence-electron chi connectivity index (χ2n) is 6.01. The van der Waals surface area contributed by atoms with Crippen molar-refractivity contribution < 1.29 is 21.8 Å². The van der Waals surface area contributed by atoms with Crippen LogP contribution in [0.3, 0.4) is 0 Å². The Kier molecular flexibility index (Phi) is 7.59. The summed E-state index contributed by atoms with van der Waals surface area (Å²) in [7, 11) is 0. The van der Waals surface area contributed by atoms with Crippen molar-refractivity contribution in [3.8, 4) is 0 Å². The van der Waals surface area contributed by atoms with Gasteiger partial charge in [-0.3, -0.25) is 4.79 Å². The maximum absolute atomic E-state index is 12.3. The number of benzene rings is 2. The quantitative estimate of drug-likeness (QED) is 0.652. The second kappa shape index (κ2) is 9.91. The van der Waals surface area contributed by atoms with E-state index in [1.807, 2.05) is 72.4 Å². The number of nitrogens with one attached hydrogen (secondary N) is 1. The zero-order valence-electron chi connectivity index (χ0n) is 14.9. The van der Waals surface area contributed by atoms with E-state index in [1.54, 1.807) is 0 Å². The van der Waals surface area contributed by atoms with Gasteiger partial charge in [0.1, 0.15) is 0 Å². The van der Waals surface area contributed by atoms with Crippen molar-refractivity contribution in [2.75, 3.05) is 5.32 Å². The lowest BCUT2D eigenvalue weighted by Crippen LogP contribution is -3.00. The molecule has 3 nitrogen and oxygen atoms in total. The van der Waals surface area contributed by atoms with Gasteiger partial charge >= 0.3 is 0 Å². The molecule has 2 aromatic carbocycles. The van der Waals surface area contributed by atoms with Gasteiger partial charge in [0.25, 0.3) is 5.91 Å². The Morgan fingerprint density at radius 1 is 0.963 bits per heavy atom. The van der Waals surface area contributed by atoms with Crippen LogP contribution in [0, 0.1) is 6.92 Å². The zero-order valence-corrected chi connectivity index (χ0v) is 16.4. The lowest BCUT2D eigenvalue weighted by Gasteiger charge is -2.08. The van der Waals surface area contributed by atoms with Gasteiger partial charge in [0.15, 0.2) is 12.4 Å². The van der Waals surface area contributed by atoms with Crippen LogP contribution in [0.25, 0.3) is 12.2 Å². The van der Waals surface area contributed by atoms with Gasteiger partial charge in [0.2, 0.25) is 6.54 Å². The van der Waals surface area contributed by atoms with Gasteiger partial charge < -0.3 is 17.7 Å². The third-order valence-electron chi connectivity index (χ3n) is 4.05. The number of rotatable bonds is 5. The lowest BCUT2D eigenvalue weighted by molar-refractivity contribution is -0.684. The largest absolute Gasteiger partial charge is 1.00 e. The predicted octanol–water partition coefficient (Wildman–Crippen LogP) is 1.75. The van der Waals surface area contributed by atoms with Crippen LogP contribution >= 0.6 is 11.6 Å². The van der Waals surface area contributed by atoms with Crippen molar-refractivity contribution in [2.45, 2.75) is 13.5 Å². The number of hydrogen-bond donors (Lipinski definition) is 1. The summed E-state index contributed by atoms with van der Waals surface area (Å²) in [6.07, 6.45) is 7.91. The number of anilines is 1. The first-order chi connectivity index (χ1) is 12.6. The maximum atomic E-state index is 12.3. The highest BCUT2D eigenvalue weighted by molar-refractivity contribution is 6.31. The van der Waals surface area contributed by atoms with E-state index in [2.05, 4.69) is 29.6 Å². The van der Waals surface area contributed by atoms with Crippen molar-refractivity contribution in [1.82, 2.24) is 0 Å². The standard InChI is InChI=1S/C22H19ClN2O.ClH/c1-17-20(23)8-5-9-21(17)24-22(26)16-25-14-12-19(13-15-25)11-10-18-6-3-2-4-7-18;/h2-15H,16H2,1H3;1H/b11-10+;. The minimum Gasteiger partial charge on any atom is -1.00 e. The predicted molar refractivity (Wildman–Crippen MR) is 107 cm³/mol. The highest BCUT2D eigenvalue weighted by Gasteiger charge is 2.11. The molecule has 0 aliphatic heterocycles. The van der Waals surface area contributed by atoms with Crippen molar-refractivity contribution in [2.24, 2.45) is 0 Å². The highest BCUT2D eigenvalue weighted by atomic mass is 35.5. The third-order valence-corrected chi connectivity index (χ3v) is 4.46. The average Bonchev–Trinajstić information content (AvgIpc) is 2.66. The van der Waals surface area contributed by atoms with Crippen LogP contribution in [-0.2, 0) is 11.3 Å². The topological polar surface area (TPSA) is 33.0 Å². The fourth-order valence-electron chi connectivity index (χ4n) is 2.54. The molecule has 1 aromatic heterocycles. The Morgan fingerprint density at radius 2 is 1.59 bits per heavy atom. The number of halogens is 2. The van der Waals surface area contributed by atoms with Gasteiger partial charge in [-0.2, -0.15) is 4.57 Å². The molecule has 1 N–H and O–H groups in total. The number of nitrogens with zero attached hydrogens (tertiary/aromatic N) is 1. The van der Waals surface area contributed by atoms with Crippen molar-refractivity contribution in [1.29, 1.82) is 0 Å². The molecule has 0 aliphatic carbocycles. The van der Waals surface area contributed by atoms with E-state index in [-0.39, 0.29) is 24.9 Å². The lowest BCUT2D eigenvalue weighted by atomic mass is 10.1. The zero-order chi connectivity index (χ0) is 18.4. The van der Waals surface area contributed by atoms with Crippen LogP contribution < -0.4 is 22.3 Å². The number of amides is 1. The summed E-state index contributed by atoms with van der Waals surface area (Å²) in [6.45, 7) is 2.13. The molecule has 0 atom stereocenters. The van der Waals surface area contributed by atoms with Crippen LogP contribution in [0.15, 0.2) is 73.1 Å². The van der Waals surface area contributed by atoms with Crippen LogP contribution in [0.1, 0.15) is 16.7 Å². The molecule has 3 rings (SSSR count). The third kappa shape index (κ3) is 5.95. The molecule has 1 amide bonds. The van der Waals surface area contributed by atoms with E-state index in [0.29, 0.717) is 5.02 Å². The van der Waals surface area contributed by atoms with Crippen LogP contribution in [0.4, 0.5) is 5.69 Å². The summed E-state index contributed by atoms with van der Waals surface area (Å²) in [4.78, 5) is 12.3. The normalized spacial score (nSPS) is 10.4. The highest BCUT2D eigenvalue weighted by Crippen LogP contribution is 2.22. The van der Waals surface area contributed by atoms with Gasteiger partial charge in [-0.25, -0.2) is 0 Å². The van der Waals surface area contributed by atoms with Crippen LogP contribution in [0.5, 0.6) is 0 Å². The minimum atomic E-state index is -0.0899. The van der Waals surface area contributed by atoms with E-state index in [0.717, 1.165) is 22.4 Å². The van der Waals surface area contributed by atoms with Gasteiger partial charge in [-0.1, -0.05) is 60.2 Å². The summed E-state index contributed by atoms with van der Waals surface area (Å²) >= 11 is 6.09. The summed E-state index contributed by atoms with van der Waals surface area (Å²) in [6, 6.07) is 19.6. The number of hydrogen-bond acceptors (Lipinski definition) is 1. The van der Waals surface area contributed by atoms with Gasteiger partial charge in [-0.05, 0) is 35.7 Å². The summed E-state index contributed by atoms with van der Waals surface area (Å²) in [5, 5.41) is 3.55. The molecule has 0 fully saturated rings. The van der Waals surface area contributed by atoms with Gasteiger partial charge in [0.05, 0.1) is 0 Å². The van der Waals surface area contributed by atoms with E-state index >= 15 is 0 Å². The fourth-order valence-corrected chi connectivity index (χ4v) is 2.71. The SMILES string of the molecule is Cc1c(Cl)cccc1NC(=O)C[n+]1ccc(/C=C/c2ccccc2)cc1.[Cl-]. The smallest absolute Gasteiger partial charge is 0.290 e. The maximum Gasteiger partial charge on any atom is 0.290 e. The van der Waals surface area contributed by atoms with Gasteiger partial charge in [-0.15, -0.1) is 0 Å². The number of carbonyl (C=O) groups excluding carboxylic acids is 1. The van der Waals surface area contributed by atoms with Gasteiger partial charge in [0, 0.05) is 22.8 Å². The molecule has 138 valence electrons. The molecular weight excluding hydrogens is 379 g/mol. The summed E-state index contributed by atoms with van der Waals surface area (Å²) in [5.41, 5.74) is 3.84. The Hall–Kier alpha value is -2.62. The first-order valence-corrected chi connectivity index (χ1v) is 8.77. The van der Waals surface area contributed by atoms with Crippen LogP contribution in [0.2, 0.25) is 5.02 Å². The van der Waals surface area contributed by atoms with E-state index < -0.39 is 0 Å².